The third-order valence-electron chi connectivity index (χ3n) is 3.02. The lowest BCUT2D eigenvalue weighted by molar-refractivity contribution is 0.180. The minimum absolute atomic E-state index is 0.463. The third kappa shape index (κ3) is 2.15. The van der Waals surface area contributed by atoms with E-state index in [0.717, 1.165) is 21.3 Å². The largest absolute Gasteiger partial charge is 0.388 e. The Bertz CT molecular complexity index is 648. The molecule has 90 valence electrons. The van der Waals surface area contributed by atoms with Crippen LogP contribution in [0.3, 0.4) is 0 Å². The number of aliphatic hydroxyl groups is 1. The zero-order valence-corrected chi connectivity index (χ0v) is 10.6. The van der Waals surface area contributed by atoms with E-state index in [9.17, 15) is 5.11 Å². The molecule has 0 radical (unpaired) electrons. The number of hydrogen-bond acceptors (Lipinski definition) is 3. The highest BCUT2D eigenvalue weighted by Gasteiger charge is 2.12. The van der Waals surface area contributed by atoms with Crippen LogP contribution in [0.15, 0.2) is 54.6 Å². The molecule has 0 aliphatic heterocycles. The van der Waals surface area contributed by atoms with Gasteiger partial charge in [-0.1, -0.05) is 48.5 Å². The molecular formula is C15H13NOS. The monoisotopic (exact) mass is 255 g/mol. The number of hydrogen-bond donors (Lipinski definition) is 1. The number of fused-ring (bicyclic) bond motifs is 1. The molecule has 0 amide bonds. The van der Waals surface area contributed by atoms with Gasteiger partial charge in [-0.15, -0.1) is 0 Å². The molecule has 1 atom stereocenters. The average molecular weight is 255 g/mol. The van der Waals surface area contributed by atoms with Crippen molar-refractivity contribution in [2.24, 2.45) is 0 Å². The quantitative estimate of drug-likeness (QED) is 0.776. The molecule has 1 unspecified atom stereocenters. The molecule has 3 aromatic rings. The zero-order valence-electron chi connectivity index (χ0n) is 9.78. The first-order valence-electron chi connectivity index (χ1n) is 5.91. The van der Waals surface area contributed by atoms with Gasteiger partial charge in [-0.3, -0.25) is 0 Å². The fourth-order valence-electron chi connectivity index (χ4n) is 2.06. The van der Waals surface area contributed by atoms with Crippen molar-refractivity contribution in [2.75, 3.05) is 0 Å². The van der Waals surface area contributed by atoms with Gasteiger partial charge >= 0.3 is 0 Å². The topological polar surface area (TPSA) is 33.1 Å². The molecule has 0 spiro atoms. The van der Waals surface area contributed by atoms with Gasteiger partial charge in [0.15, 0.2) is 0 Å². The van der Waals surface area contributed by atoms with Crippen LogP contribution in [0.5, 0.6) is 0 Å². The summed E-state index contributed by atoms with van der Waals surface area (Å²) in [6.07, 6.45) is 0.157. The molecule has 0 saturated carbocycles. The molecule has 0 aliphatic rings. The Morgan fingerprint density at radius 2 is 1.72 bits per heavy atom. The van der Waals surface area contributed by atoms with Crippen molar-refractivity contribution in [3.63, 3.8) is 0 Å². The molecular weight excluding hydrogens is 242 g/mol. The summed E-state index contributed by atoms with van der Waals surface area (Å²) in [7, 11) is 0. The Hall–Kier alpha value is -1.71. The molecule has 3 rings (SSSR count). The molecule has 18 heavy (non-hydrogen) atoms. The number of aliphatic hydroxyl groups excluding tert-OH is 1. The number of aromatic nitrogens is 1. The first-order chi connectivity index (χ1) is 8.84. The standard InChI is InChI=1S/C15H13NOS/c17-14(11-6-2-1-3-7-11)10-15-12-8-4-5-9-13(12)16-18-15/h1-9,14,17H,10H2. The molecule has 1 heterocycles. The van der Waals surface area contributed by atoms with Gasteiger partial charge in [-0.25, -0.2) is 0 Å². The molecule has 0 fully saturated rings. The van der Waals surface area contributed by atoms with Crippen molar-refractivity contribution >= 4 is 22.4 Å². The van der Waals surface area contributed by atoms with Crippen LogP contribution in [0.4, 0.5) is 0 Å². The molecule has 1 aromatic heterocycles. The summed E-state index contributed by atoms with van der Waals surface area (Å²) >= 11 is 1.48. The fourth-order valence-corrected chi connectivity index (χ4v) is 2.93. The lowest BCUT2D eigenvalue weighted by Crippen LogP contribution is -2.00. The lowest BCUT2D eigenvalue weighted by Gasteiger charge is -2.09. The predicted octanol–water partition coefficient (Wildman–Crippen LogP) is 3.57. The Kier molecular flexibility index (Phi) is 3.09. The number of rotatable bonds is 3. The van der Waals surface area contributed by atoms with Crippen LogP contribution in [-0.2, 0) is 6.42 Å². The van der Waals surface area contributed by atoms with E-state index in [1.54, 1.807) is 0 Å². The van der Waals surface area contributed by atoms with Gasteiger partial charge in [0.2, 0.25) is 0 Å². The number of nitrogens with zero attached hydrogens (tertiary/aromatic N) is 1. The van der Waals surface area contributed by atoms with E-state index in [4.69, 9.17) is 0 Å². The van der Waals surface area contributed by atoms with Gasteiger partial charge < -0.3 is 5.11 Å². The van der Waals surface area contributed by atoms with Crippen molar-refractivity contribution in [1.29, 1.82) is 0 Å². The van der Waals surface area contributed by atoms with Crippen LogP contribution < -0.4 is 0 Å². The molecule has 0 aliphatic carbocycles. The minimum Gasteiger partial charge on any atom is -0.388 e. The van der Waals surface area contributed by atoms with Gasteiger partial charge in [0.25, 0.3) is 0 Å². The minimum atomic E-state index is -0.463. The van der Waals surface area contributed by atoms with Crippen LogP contribution in [0.25, 0.3) is 10.9 Å². The second-order valence-electron chi connectivity index (χ2n) is 4.25. The Balaban J connectivity index is 1.89. The maximum atomic E-state index is 10.2. The highest BCUT2D eigenvalue weighted by molar-refractivity contribution is 7.07. The number of benzene rings is 2. The van der Waals surface area contributed by atoms with Crippen LogP contribution in [0.1, 0.15) is 16.5 Å². The maximum Gasteiger partial charge on any atom is 0.0843 e. The predicted molar refractivity (Wildman–Crippen MR) is 74.7 cm³/mol. The first kappa shape index (κ1) is 11.4. The summed E-state index contributed by atoms with van der Waals surface area (Å²) in [6.45, 7) is 0. The Morgan fingerprint density at radius 3 is 2.56 bits per heavy atom. The van der Waals surface area contributed by atoms with Crippen LogP contribution >= 0.6 is 11.5 Å². The van der Waals surface area contributed by atoms with Gasteiger partial charge in [0.1, 0.15) is 0 Å². The molecule has 3 heteroatoms. The van der Waals surface area contributed by atoms with E-state index < -0.39 is 6.10 Å². The van der Waals surface area contributed by atoms with E-state index in [1.807, 2.05) is 48.5 Å². The summed E-state index contributed by atoms with van der Waals surface area (Å²) < 4.78 is 4.40. The fraction of sp³-hybridized carbons (Fsp3) is 0.133. The average Bonchev–Trinajstić information content (AvgIpc) is 2.83. The SMILES string of the molecule is OC(Cc1snc2ccccc12)c1ccccc1. The molecule has 2 nitrogen and oxygen atoms in total. The van der Waals surface area contributed by atoms with Gasteiger partial charge in [0.05, 0.1) is 11.6 Å². The summed E-state index contributed by atoms with van der Waals surface area (Å²) in [6, 6.07) is 17.8. The molecule has 2 aromatic carbocycles. The highest BCUT2D eigenvalue weighted by atomic mass is 32.1. The lowest BCUT2D eigenvalue weighted by atomic mass is 10.0. The van der Waals surface area contributed by atoms with Crippen molar-refractivity contribution < 1.29 is 5.11 Å². The van der Waals surface area contributed by atoms with E-state index in [0.29, 0.717) is 6.42 Å². The summed E-state index contributed by atoms with van der Waals surface area (Å²) in [5, 5.41) is 11.4. The smallest absolute Gasteiger partial charge is 0.0843 e. The molecule has 0 bridgehead atoms. The van der Waals surface area contributed by atoms with Gasteiger partial charge in [-0.2, -0.15) is 4.37 Å². The van der Waals surface area contributed by atoms with Crippen molar-refractivity contribution in [3.05, 3.63) is 65.0 Å². The third-order valence-corrected chi connectivity index (χ3v) is 3.92. The van der Waals surface area contributed by atoms with E-state index in [1.165, 1.54) is 11.5 Å². The summed E-state index contributed by atoms with van der Waals surface area (Å²) in [5.74, 6) is 0. The van der Waals surface area contributed by atoms with Gasteiger partial charge in [-0.05, 0) is 23.2 Å². The van der Waals surface area contributed by atoms with Crippen LogP contribution in [0.2, 0.25) is 0 Å². The van der Waals surface area contributed by atoms with E-state index >= 15 is 0 Å². The van der Waals surface area contributed by atoms with Crippen LogP contribution in [0, 0.1) is 0 Å². The van der Waals surface area contributed by atoms with E-state index in [2.05, 4.69) is 10.4 Å². The van der Waals surface area contributed by atoms with Crippen LogP contribution in [-0.4, -0.2) is 9.48 Å². The zero-order chi connectivity index (χ0) is 12.4. The summed E-state index contributed by atoms with van der Waals surface area (Å²) in [4.78, 5) is 1.14. The van der Waals surface area contributed by atoms with Crippen molar-refractivity contribution in [1.82, 2.24) is 4.37 Å². The second-order valence-corrected chi connectivity index (χ2v) is 5.11. The second kappa shape index (κ2) is 4.88. The maximum absolute atomic E-state index is 10.2. The summed E-state index contributed by atoms with van der Waals surface area (Å²) in [5.41, 5.74) is 1.97. The van der Waals surface area contributed by atoms with Gasteiger partial charge in [0, 0.05) is 16.7 Å². The molecule has 0 saturated heterocycles. The van der Waals surface area contributed by atoms with Crippen molar-refractivity contribution in [2.45, 2.75) is 12.5 Å². The Morgan fingerprint density at radius 1 is 1.00 bits per heavy atom. The highest BCUT2D eigenvalue weighted by Crippen LogP contribution is 2.27. The first-order valence-corrected chi connectivity index (χ1v) is 6.68. The van der Waals surface area contributed by atoms with Crippen molar-refractivity contribution in [3.8, 4) is 0 Å². The van der Waals surface area contributed by atoms with E-state index in [-0.39, 0.29) is 0 Å². The molecule has 1 N–H and O–H groups in total. The normalized spacial score (nSPS) is 12.7. The Labute approximate surface area is 110 Å².